The van der Waals surface area contributed by atoms with Gasteiger partial charge in [0.15, 0.2) is 0 Å². The van der Waals surface area contributed by atoms with E-state index >= 15 is 0 Å². The highest BCUT2D eigenvalue weighted by atomic mass is 32.1. The molecular weight excluding hydrogens is 296 g/mol. The van der Waals surface area contributed by atoms with Gasteiger partial charge in [0, 0.05) is 16.1 Å². The second kappa shape index (κ2) is 6.36. The zero-order valence-electron chi connectivity index (χ0n) is 12.5. The first-order valence-electron chi connectivity index (χ1n) is 7.82. The van der Waals surface area contributed by atoms with E-state index < -0.39 is 11.6 Å². The Bertz CT molecular complexity index is 628. The Hall–Kier alpha value is -1.43. The fourth-order valence-corrected chi connectivity index (χ4v) is 4.09. The summed E-state index contributed by atoms with van der Waals surface area (Å²) in [6.45, 7) is 0.213. The number of rotatable bonds is 4. The number of amides is 1. The first-order valence-corrected chi connectivity index (χ1v) is 8.64. The number of carbonyl (C=O) groups is 1. The average Bonchev–Trinajstić information content (AvgIpc) is 2.97. The van der Waals surface area contributed by atoms with Gasteiger partial charge < -0.3 is 16.2 Å². The number of aliphatic hydroxyl groups excluding tert-OH is 1. The van der Waals surface area contributed by atoms with Crippen molar-refractivity contribution in [1.29, 1.82) is 0 Å². The summed E-state index contributed by atoms with van der Waals surface area (Å²) in [6.07, 6.45) is 3.94. The van der Waals surface area contributed by atoms with Gasteiger partial charge in [0.25, 0.3) is 0 Å². The quantitative estimate of drug-likeness (QED) is 0.811. The lowest BCUT2D eigenvalue weighted by Gasteiger charge is -2.32. The first-order chi connectivity index (χ1) is 10.6. The molecule has 4 nitrogen and oxygen atoms in total. The van der Waals surface area contributed by atoms with E-state index in [2.05, 4.69) is 5.32 Å². The van der Waals surface area contributed by atoms with E-state index in [9.17, 15) is 9.90 Å². The van der Waals surface area contributed by atoms with E-state index in [1.807, 2.05) is 30.3 Å². The Kier molecular flexibility index (Phi) is 4.47. The molecule has 1 amide bonds. The third-order valence-electron chi connectivity index (χ3n) is 4.43. The number of hydrogen-bond acceptors (Lipinski definition) is 4. The van der Waals surface area contributed by atoms with Crippen LogP contribution in [0, 0.1) is 0 Å². The van der Waals surface area contributed by atoms with Gasteiger partial charge in [-0.05, 0) is 30.4 Å². The molecule has 1 unspecified atom stereocenters. The highest BCUT2D eigenvalue weighted by Crippen LogP contribution is 2.30. The topological polar surface area (TPSA) is 75.4 Å². The van der Waals surface area contributed by atoms with E-state index in [4.69, 9.17) is 5.73 Å². The van der Waals surface area contributed by atoms with Crippen LogP contribution < -0.4 is 11.1 Å². The summed E-state index contributed by atoms with van der Waals surface area (Å²) >= 11 is 1.56. The number of thiophene rings is 1. The molecule has 0 bridgehead atoms. The van der Waals surface area contributed by atoms with Crippen LogP contribution >= 0.6 is 11.3 Å². The number of hydrogen-bond donors (Lipinski definition) is 3. The molecule has 1 aliphatic carbocycles. The molecular formula is C17H22N2O2S. The standard InChI is InChI=1S/C17H22N2O2S/c18-17(8-4-1-5-9-17)16(21)19-11-13(20)15-10-12-6-2-3-7-14(12)22-15/h2-3,6-7,10,13,20H,1,4-5,8-9,11,18H2,(H,19,21). The van der Waals surface area contributed by atoms with Crippen molar-refractivity contribution in [1.82, 2.24) is 5.32 Å². The summed E-state index contributed by atoms with van der Waals surface area (Å²) in [6, 6.07) is 10.0. The molecule has 1 atom stereocenters. The van der Waals surface area contributed by atoms with E-state index in [1.165, 1.54) is 0 Å². The van der Waals surface area contributed by atoms with Gasteiger partial charge in [0.1, 0.15) is 6.10 Å². The SMILES string of the molecule is NC1(C(=O)NCC(O)c2cc3ccccc3s2)CCCCC1. The molecule has 1 saturated carbocycles. The Morgan fingerprint density at radius 1 is 1.32 bits per heavy atom. The lowest BCUT2D eigenvalue weighted by atomic mass is 9.82. The van der Waals surface area contributed by atoms with Gasteiger partial charge in [-0.2, -0.15) is 0 Å². The maximum atomic E-state index is 12.3. The summed E-state index contributed by atoms with van der Waals surface area (Å²) < 4.78 is 1.14. The molecule has 1 heterocycles. The highest BCUT2D eigenvalue weighted by Gasteiger charge is 2.35. The van der Waals surface area contributed by atoms with Crippen molar-refractivity contribution >= 4 is 27.3 Å². The highest BCUT2D eigenvalue weighted by molar-refractivity contribution is 7.19. The van der Waals surface area contributed by atoms with Gasteiger partial charge in [-0.25, -0.2) is 0 Å². The number of benzene rings is 1. The van der Waals surface area contributed by atoms with Crippen LogP contribution in [0.5, 0.6) is 0 Å². The number of nitrogens with two attached hydrogens (primary N) is 1. The molecule has 5 heteroatoms. The zero-order chi connectivity index (χ0) is 15.6. The minimum absolute atomic E-state index is 0.132. The van der Waals surface area contributed by atoms with Crippen molar-refractivity contribution < 1.29 is 9.90 Å². The number of nitrogens with one attached hydrogen (secondary N) is 1. The summed E-state index contributed by atoms with van der Waals surface area (Å²) in [5.74, 6) is -0.132. The van der Waals surface area contributed by atoms with Crippen LogP contribution in [-0.4, -0.2) is 23.1 Å². The molecule has 2 aromatic rings. The van der Waals surface area contributed by atoms with Gasteiger partial charge in [0.2, 0.25) is 5.91 Å². The van der Waals surface area contributed by atoms with Crippen LogP contribution in [0.2, 0.25) is 0 Å². The maximum absolute atomic E-state index is 12.3. The summed E-state index contributed by atoms with van der Waals surface area (Å²) in [4.78, 5) is 13.2. The monoisotopic (exact) mass is 318 g/mol. The van der Waals surface area contributed by atoms with Gasteiger partial charge in [-0.1, -0.05) is 37.5 Å². The summed E-state index contributed by atoms with van der Waals surface area (Å²) in [5, 5.41) is 14.3. The van der Waals surface area contributed by atoms with Gasteiger partial charge in [-0.15, -0.1) is 11.3 Å². The Balaban J connectivity index is 1.61. The number of aliphatic hydroxyl groups is 1. The molecule has 22 heavy (non-hydrogen) atoms. The van der Waals surface area contributed by atoms with E-state index in [0.717, 1.165) is 47.1 Å². The van der Waals surface area contributed by atoms with Crippen molar-refractivity contribution in [3.8, 4) is 0 Å². The molecule has 1 fully saturated rings. The molecule has 118 valence electrons. The van der Waals surface area contributed by atoms with Gasteiger partial charge in [0.05, 0.1) is 5.54 Å². The van der Waals surface area contributed by atoms with Crippen LogP contribution in [0.15, 0.2) is 30.3 Å². The Labute approximate surface area is 134 Å². The van der Waals surface area contributed by atoms with Crippen LogP contribution in [0.4, 0.5) is 0 Å². The van der Waals surface area contributed by atoms with Gasteiger partial charge in [-0.3, -0.25) is 4.79 Å². The molecule has 0 saturated heterocycles. The van der Waals surface area contributed by atoms with E-state index in [1.54, 1.807) is 11.3 Å². The molecule has 3 rings (SSSR count). The van der Waals surface area contributed by atoms with Crippen molar-refractivity contribution in [2.45, 2.75) is 43.7 Å². The number of carbonyl (C=O) groups excluding carboxylic acids is 1. The predicted molar refractivity (Wildman–Crippen MR) is 89.8 cm³/mol. The fraction of sp³-hybridized carbons (Fsp3) is 0.471. The Morgan fingerprint density at radius 2 is 2.05 bits per heavy atom. The molecule has 0 spiro atoms. The molecule has 1 aromatic heterocycles. The fourth-order valence-electron chi connectivity index (χ4n) is 3.04. The minimum Gasteiger partial charge on any atom is -0.386 e. The molecule has 4 N–H and O–H groups in total. The maximum Gasteiger partial charge on any atom is 0.240 e. The van der Waals surface area contributed by atoms with Crippen LogP contribution in [0.3, 0.4) is 0 Å². The van der Waals surface area contributed by atoms with Crippen molar-refractivity contribution in [2.75, 3.05) is 6.54 Å². The third kappa shape index (κ3) is 3.16. The van der Waals surface area contributed by atoms with E-state index in [-0.39, 0.29) is 12.5 Å². The third-order valence-corrected chi connectivity index (χ3v) is 5.64. The van der Waals surface area contributed by atoms with Crippen molar-refractivity contribution in [3.05, 3.63) is 35.2 Å². The Morgan fingerprint density at radius 3 is 2.77 bits per heavy atom. The molecule has 0 radical (unpaired) electrons. The normalized spacial score (nSPS) is 19.0. The summed E-state index contributed by atoms with van der Waals surface area (Å²) in [5.41, 5.74) is 5.45. The smallest absolute Gasteiger partial charge is 0.240 e. The summed E-state index contributed by atoms with van der Waals surface area (Å²) in [7, 11) is 0. The largest absolute Gasteiger partial charge is 0.386 e. The first kappa shape index (κ1) is 15.5. The van der Waals surface area contributed by atoms with Crippen LogP contribution in [0.1, 0.15) is 43.1 Å². The molecule has 1 aliphatic rings. The minimum atomic E-state index is -0.752. The van der Waals surface area contributed by atoms with Crippen molar-refractivity contribution in [2.24, 2.45) is 5.73 Å². The second-order valence-electron chi connectivity index (χ2n) is 6.13. The van der Waals surface area contributed by atoms with Crippen LogP contribution in [-0.2, 0) is 4.79 Å². The zero-order valence-corrected chi connectivity index (χ0v) is 13.4. The lowest BCUT2D eigenvalue weighted by Crippen LogP contribution is -2.55. The second-order valence-corrected chi connectivity index (χ2v) is 7.24. The predicted octanol–water partition coefficient (Wildman–Crippen LogP) is 2.71. The van der Waals surface area contributed by atoms with E-state index in [0.29, 0.717) is 0 Å². The van der Waals surface area contributed by atoms with Gasteiger partial charge >= 0.3 is 0 Å². The van der Waals surface area contributed by atoms with Crippen molar-refractivity contribution in [3.63, 3.8) is 0 Å². The number of fused-ring (bicyclic) bond motifs is 1. The molecule has 0 aliphatic heterocycles. The average molecular weight is 318 g/mol. The van der Waals surface area contributed by atoms with Crippen LogP contribution in [0.25, 0.3) is 10.1 Å². The molecule has 1 aromatic carbocycles. The lowest BCUT2D eigenvalue weighted by molar-refractivity contribution is -0.128.